The molecule has 1 N–H and O–H groups in total. The first-order valence-corrected chi connectivity index (χ1v) is 9.42. The Morgan fingerprint density at radius 2 is 2.04 bits per heavy atom. The molecular weight excluding hydrogens is 361 g/mol. The van der Waals surface area contributed by atoms with Crippen LogP contribution in [0.3, 0.4) is 0 Å². The number of ether oxygens (including phenoxy) is 1. The van der Waals surface area contributed by atoms with Gasteiger partial charge >= 0.3 is 6.09 Å². The van der Waals surface area contributed by atoms with E-state index < -0.39 is 5.60 Å². The van der Waals surface area contributed by atoms with Crippen LogP contribution in [0.15, 0.2) is 18.2 Å². The van der Waals surface area contributed by atoms with Crippen molar-refractivity contribution in [2.75, 3.05) is 19.7 Å². The Kier molecular flexibility index (Phi) is 4.76. The number of aliphatic hydroxyl groups is 1. The molecule has 6 heteroatoms. The molecule has 1 saturated carbocycles. The fraction of sp³-hybridized carbons (Fsp3) is 0.632. The van der Waals surface area contributed by atoms with Gasteiger partial charge in [0.05, 0.1) is 10.0 Å². The summed E-state index contributed by atoms with van der Waals surface area (Å²) in [4.78, 5) is 14.2. The molecule has 1 saturated heterocycles. The van der Waals surface area contributed by atoms with Gasteiger partial charge in [-0.15, -0.1) is 0 Å². The van der Waals surface area contributed by atoms with Crippen LogP contribution < -0.4 is 0 Å². The fourth-order valence-corrected chi connectivity index (χ4v) is 4.61. The van der Waals surface area contributed by atoms with Gasteiger partial charge in [0.1, 0.15) is 5.60 Å². The van der Waals surface area contributed by atoms with Crippen molar-refractivity contribution in [1.29, 1.82) is 0 Å². The number of hydrogen-bond acceptors (Lipinski definition) is 3. The molecular formula is C19H25Cl2NO3. The van der Waals surface area contributed by atoms with Crippen molar-refractivity contribution in [3.63, 3.8) is 0 Å². The van der Waals surface area contributed by atoms with Crippen molar-refractivity contribution in [1.82, 2.24) is 4.90 Å². The second kappa shape index (κ2) is 6.33. The van der Waals surface area contributed by atoms with Crippen LogP contribution in [-0.2, 0) is 10.2 Å². The van der Waals surface area contributed by atoms with E-state index in [-0.39, 0.29) is 23.5 Å². The highest BCUT2D eigenvalue weighted by Gasteiger charge is 2.69. The zero-order chi connectivity index (χ0) is 18.5. The van der Waals surface area contributed by atoms with Crippen LogP contribution in [-0.4, -0.2) is 41.4 Å². The third kappa shape index (κ3) is 3.36. The Hall–Kier alpha value is -0.970. The van der Waals surface area contributed by atoms with E-state index in [9.17, 15) is 9.90 Å². The van der Waals surface area contributed by atoms with E-state index in [1.807, 2.05) is 39.0 Å². The third-order valence-corrected chi connectivity index (χ3v) is 6.29. The number of likely N-dealkylation sites (tertiary alicyclic amines) is 1. The molecule has 0 aromatic heterocycles. The Morgan fingerprint density at radius 1 is 1.32 bits per heavy atom. The second-order valence-electron chi connectivity index (χ2n) is 8.29. The molecule has 0 spiro atoms. The first-order valence-electron chi connectivity index (χ1n) is 8.67. The zero-order valence-corrected chi connectivity index (χ0v) is 16.5. The lowest BCUT2D eigenvalue weighted by Gasteiger charge is -2.38. The summed E-state index contributed by atoms with van der Waals surface area (Å²) < 4.78 is 5.53. The number of carbonyl (C=O) groups is 1. The molecule has 0 bridgehead atoms. The topological polar surface area (TPSA) is 49.8 Å². The molecule has 4 nitrogen and oxygen atoms in total. The van der Waals surface area contributed by atoms with Crippen molar-refractivity contribution < 1.29 is 14.6 Å². The summed E-state index contributed by atoms with van der Waals surface area (Å²) in [7, 11) is 0. The van der Waals surface area contributed by atoms with Crippen LogP contribution in [0.2, 0.25) is 10.0 Å². The monoisotopic (exact) mass is 385 g/mol. The van der Waals surface area contributed by atoms with Crippen LogP contribution in [0.1, 0.15) is 45.6 Å². The van der Waals surface area contributed by atoms with Crippen molar-refractivity contribution in [3.8, 4) is 0 Å². The molecule has 0 radical (unpaired) electrons. The van der Waals surface area contributed by atoms with Gasteiger partial charge in [-0.1, -0.05) is 29.3 Å². The summed E-state index contributed by atoms with van der Waals surface area (Å²) in [6.07, 6.45) is 2.16. The Bertz CT molecular complexity index is 688. The number of hydrogen-bond donors (Lipinski definition) is 1. The van der Waals surface area contributed by atoms with E-state index >= 15 is 0 Å². The molecule has 2 aliphatic rings. The number of aliphatic hydroxyl groups excluding tert-OH is 1. The van der Waals surface area contributed by atoms with Crippen LogP contribution in [0.25, 0.3) is 0 Å². The predicted octanol–water partition coefficient (Wildman–Crippen LogP) is 4.64. The Balaban J connectivity index is 1.83. The highest BCUT2D eigenvalue weighted by molar-refractivity contribution is 6.42. The average molecular weight is 386 g/mol. The highest BCUT2D eigenvalue weighted by atomic mass is 35.5. The molecule has 1 aliphatic heterocycles. The van der Waals surface area contributed by atoms with Gasteiger partial charge in [0, 0.05) is 30.5 Å². The molecule has 1 heterocycles. The first-order chi connectivity index (χ1) is 11.6. The smallest absolute Gasteiger partial charge is 0.410 e. The minimum atomic E-state index is -0.511. The van der Waals surface area contributed by atoms with Gasteiger partial charge in [0.15, 0.2) is 0 Å². The van der Waals surface area contributed by atoms with E-state index in [1.165, 1.54) is 0 Å². The zero-order valence-electron chi connectivity index (χ0n) is 14.9. The van der Waals surface area contributed by atoms with Gasteiger partial charge in [-0.25, -0.2) is 4.79 Å². The molecule has 1 aliphatic carbocycles. The van der Waals surface area contributed by atoms with Crippen molar-refractivity contribution in [2.24, 2.45) is 5.41 Å². The Labute approximate surface area is 159 Å². The second-order valence-corrected chi connectivity index (χ2v) is 9.11. The molecule has 2 atom stereocenters. The number of rotatable bonds is 3. The molecule has 2 unspecified atom stereocenters. The standard InChI is InChI=1S/C19H25Cl2NO3/c1-17(2,3)25-16(24)22-8-6-19(11-18(19,12-22)7-9-23)13-4-5-14(20)15(21)10-13/h4-5,10,23H,6-9,11-12H2,1-3H3. The third-order valence-electron chi connectivity index (χ3n) is 5.55. The van der Waals surface area contributed by atoms with E-state index in [1.54, 1.807) is 4.90 Å². The summed E-state index contributed by atoms with van der Waals surface area (Å²) >= 11 is 12.3. The number of carbonyl (C=O) groups excluding carboxylic acids is 1. The lowest BCUT2D eigenvalue weighted by molar-refractivity contribution is 0.0120. The number of piperidine rings is 1. The maximum atomic E-state index is 12.5. The molecule has 25 heavy (non-hydrogen) atoms. The molecule has 1 amide bonds. The summed E-state index contributed by atoms with van der Waals surface area (Å²) in [6.45, 7) is 6.96. The van der Waals surface area contributed by atoms with Gasteiger partial charge in [0.25, 0.3) is 0 Å². The lowest BCUT2D eigenvalue weighted by Crippen LogP contribution is -2.47. The number of amides is 1. The normalized spacial score (nSPS) is 28.5. The van der Waals surface area contributed by atoms with Gasteiger partial charge in [-0.05, 0) is 57.7 Å². The van der Waals surface area contributed by atoms with Crippen molar-refractivity contribution in [3.05, 3.63) is 33.8 Å². The van der Waals surface area contributed by atoms with Crippen LogP contribution in [0, 0.1) is 5.41 Å². The molecule has 1 aromatic rings. The maximum absolute atomic E-state index is 12.5. The minimum Gasteiger partial charge on any atom is -0.444 e. The van der Waals surface area contributed by atoms with Gasteiger partial charge in [-0.3, -0.25) is 0 Å². The van der Waals surface area contributed by atoms with Crippen LogP contribution >= 0.6 is 23.2 Å². The summed E-state index contributed by atoms with van der Waals surface area (Å²) in [5, 5.41) is 10.7. The molecule has 138 valence electrons. The number of fused-ring (bicyclic) bond motifs is 1. The largest absolute Gasteiger partial charge is 0.444 e. The van der Waals surface area contributed by atoms with E-state index in [0.29, 0.717) is 29.6 Å². The van der Waals surface area contributed by atoms with Crippen LogP contribution in [0.5, 0.6) is 0 Å². The number of nitrogens with zero attached hydrogens (tertiary/aromatic N) is 1. The van der Waals surface area contributed by atoms with Crippen LogP contribution in [0.4, 0.5) is 4.79 Å². The summed E-state index contributed by atoms with van der Waals surface area (Å²) in [5.41, 5.74) is 0.485. The summed E-state index contributed by atoms with van der Waals surface area (Å²) in [6, 6.07) is 5.79. The number of halogens is 2. The van der Waals surface area contributed by atoms with Gasteiger partial charge in [0.2, 0.25) is 0 Å². The van der Waals surface area contributed by atoms with E-state index in [0.717, 1.165) is 18.4 Å². The molecule has 1 aromatic carbocycles. The summed E-state index contributed by atoms with van der Waals surface area (Å²) in [5.74, 6) is 0. The molecule has 2 fully saturated rings. The maximum Gasteiger partial charge on any atom is 0.410 e. The van der Waals surface area contributed by atoms with Gasteiger partial charge < -0.3 is 14.7 Å². The van der Waals surface area contributed by atoms with Crippen molar-refractivity contribution in [2.45, 2.75) is 51.0 Å². The first kappa shape index (κ1) is 18.8. The SMILES string of the molecule is CC(C)(C)OC(=O)N1CCC2(c3ccc(Cl)c(Cl)c3)CC2(CCO)C1. The van der Waals surface area contributed by atoms with E-state index in [2.05, 4.69) is 0 Å². The predicted molar refractivity (Wildman–Crippen MR) is 99.3 cm³/mol. The fourth-order valence-electron chi connectivity index (χ4n) is 4.31. The minimum absolute atomic E-state index is 0.0392. The average Bonchev–Trinajstić information content (AvgIpc) is 3.17. The molecule has 3 rings (SSSR count). The van der Waals surface area contributed by atoms with Gasteiger partial charge in [-0.2, -0.15) is 0 Å². The lowest BCUT2D eigenvalue weighted by atomic mass is 9.79. The van der Waals surface area contributed by atoms with Crippen molar-refractivity contribution >= 4 is 29.3 Å². The number of benzene rings is 1. The Morgan fingerprint density at radius 3 is 2.64 bits per heavy atom. The quantitative estimate of drug-likeness (QED) is 0.823. The van der Waals surface area contributed by atoms with E-state index in [4.69, 9.17) is 27.9 Å². The highest BCUT2D eigenvalue weighted by Crippen LogP contribution is 2.70.